The highest BCUT2D eigenvalue weighted by molar-refractivity contribution is 5.89. The van der Waals surface area contributed by atoms with Gasteiger partial charge in [-0.3, -0.25) is 4.79 Å². The van der Waals surface area contributed by atoms with E-state index in [1.165, 1.54) is 0 Å². The average Bonchev–Trinajstić information content (AvgIpc) is 2.22. The lowest BCUT2D eigenvalue weighted by molar-refractivity contribution is -0.152. The summed E-state index contributed by atoms with van der Waals surface area (Å²) in [5, 5.41) is 0. The normalized spacial score (nSPS) is 12.2. The van der Waals surface area contributed by atoms with Crippen molar-refractivity contribution in [2.24, 2.45) is 5.41 Å². The maximum absolute atomic E-state index is 11.6. The third kappa shape index (κ3) is 6.09. The largest absolute Gasteiger partial charge is 0.463 e. The van der Waals surface area contributed by atoms with E-state index >= 15 is 0 Å². The zero-order valence-electron chi connectivity index (χ0n) is 11.3. The minimum Gasteiger partial charge on any atom is -0.463 e. The summed E-state index contributed by atoms with van der Waals surface area (Å²) in [7, 11) is 0. The van der Waals surface area contributed by atoms with Crippen LogP contribution in [-0.2, 0) is 19.1 Å². The molecule has 0 saturated heterocycles. The number of hydrogen-bond acceptors (Lipinski definition) is 4. The van der Waals surface area contributed by atoms with E-state index < -0.39 is 11.4 Å². The van der Waals surface area contributed by atoms with Gasteiger partial charge in [-0.05, 0) is 34.1 Å². The molecule has 0 saturated carbocycles. The third-order valence-corrected chi connectivity index (χ3v) is 1.96. The van der Waals surface area contributed by atoms with E-state index in [4.69, 9.17) is 9.47 Å². The summed E-state index contributed by atoms with van der Waals surface area (Å²) >= 11 is 0. The summed E-state index contributed by atoms with van der Waals surface area (Å²) in [4.78, 5) is 23.1. The van der Waals surface area contributed by atoms with Gasteiger partial charge in [0.15, 0.2) is 0 Å². The first-order chi connectivity index (χ1) is 7.82. The fourth-order valence-corrected chi connectivity index (χ4v) is 1.03. The fraction of sp³-hybridized carbons (Fsp3) is 0.692. The molecule has 0 aromatic carbocycles. The molecule has 0 aliphatic rings. The van der Waals surface area contributed by atoms with Gasteiger partial charge in [-0.2, -0.15) is 0 Å². The van der Waals surface area contributed by atoms with Crippen LogP contribution in [0.4, 0.5) is 0 Å². The quantitative estimate of drug-likeness (QED) is 0.549. The van der Waals surface area contributed by atoms with Crippen molar-refractivity contribution in [3.8, 4) is 0 Å². The molecule has 0 fully saturated rings. The second-order valence-electron chi connectivity index (χ2n) is 4.68. The number of ether oxygens (including phenoxy) is 2. The molecule has 0 heterocycles. The first-order valence-electron chi connectivity index (χ1n) is 5.86. The Hall–Kier alpha value is -1.32. The summed E-state index contributed by atoms with van der Waals surface area (Å²) in [6.07, 6.45) is 2.41. The van der Waals surface area contributed by atoms with Crippen LogP contribution in [0.1, 0.15) is 41.0 Å². The van der Waals surface area contributed by atoms with E-state index in [0.717, 1.165) is 0 Å². The van der Waals surface area contributed by atoms with Crippen molar-refractivity contribution in [2.45, 2.75) is 41.0 Å². The molecule has 0 rings (SSSR count). The predicted molar refractivity (Wildman–Crippen MR) is 65.4 cm³/mol. The van der Waals surface area contributed by atoms with E-state index in [1.54, 1.807) is 33.8 Å². The fourth-order valence-electron chi connectivity index (χ4n) is 1.03. The Morgan fingerprint density at radius 3 is 2.12 bits per heavy atom. The SMILES string of the molecule is CCC=C(COC(=O)C(C)(C)C)C(=O)OCC. The van der Waals surface area contributed by atoms with Crippen LogP contribution in [-0.4, -0.2) is 25.2 Å². The first-order valence-corrected chi connectivity index (χ1v) is 5.86. The molecule has 0 N–H and O–H groups in total. The molecule has 98 valence electrons. The van der Waals surface area contributed by atoms with Crippen molar-refractivity contribution >= 4 is 11.9 Å². The van der Waals surface area contributed by atoms with Crippen LogP contribution < -0.4 is 0 Å². The molecule has 4 heteroatoms. The molecule has 17 heavy (non-hydrogen) atoms. The molecule has 0 aromatic heterocycles. The zero-order chi connectivity index (χ0) is 13.5. The van der Waals surface area contributed by atoms with Gasteiger partial charge >= 0.3 is 11.9 Å². The van der Waals surface area contributed by atoms with Crippen molar-refractivity contribution in [1.82, 2.24) is 0 Å². The van der Waals surface area contributed by atoms with Gasteiger partial charge in [-0.15, -0.1) is 0 Å². The molecule has 4 nitrogen and oxygen atoms in total. The predicted octanol–water partition coefficient (Wildman–Crippen LogP) is 2.48. The summed E-state index contributed by atoms with van der Waals surface area (Å²) in [5.41, 5.74) is -0.168. The van der Waals surface area contributed by atoms with Crippen LogP contribution in [0.25, 0.3) is 0 Å². The number of carbonyl (C=O) groups is 2. The van der Waals surface area contributed by atoms with Gasteiger partial charge in [-0.1, -0.05) is 13.0 Å². The first kappa shape index (κ1) is 15.7. The maximum Gasteiger partial charge on any atom is 0.337 e. The van der Waals surface area contributed by atoms with E-state index in [1.807, 2.05) is 6.92 Å². The van der Waals surface area contributed by atoms with Crippen molar-refractivity contribution in [1.29, 1.82) is 0 Å². The van der Waals surface area contributed by atoms with Crippen LogP contribution in [0.2, 0.25) is 0 Å². The molecule has 0 aromatic rings. The highest BCUT2D eigenvalue weighted by atomic mass is 16.5. The molecule has 0 radical (unpaired) electrons. The zero-order valence-corrected chi connectivity index (χ0v) is 11.3. The molecule has 0 bridgehead atoms. The summed E-state index contributed by atoms with van der Waals surface area (Å²) in [5.74, 6) is -0.750. The summed E-state index contributed by atoms with van der Waals surface area (Å²) in [6.45, 7) is 9.23. The molecule has 0 aliphatic heterocycles. The van der Waals surface area contributed by atoms with Gasteiger partial charge in [0.2, 0.25) is 0 Å². The smallest absolute Gasteiger partial charge is 0.337 e. The van der Waals surface area contributed by atoms with Crippen LogP contribution in [0, 0.1) is 5.41 Å². The maximum atomic E-state index is 11.6. The van der Waals surface area contributed by atoms with E-state index in [-0.39, 0.29) is 12.6 Å². The second kappa shape index (κ2) is 7.09. The number of carbonyl (C=O) groups excluding carboxylic acids is 2. The van der Waals surface area contributed by atoms with Gasteiger partial charge in [0, 0.05) is 0 Å². The monoisotopic (exact) mass is 242 g/mol. The van der Waals surface area contributed by atoms with Crippen molar-refractivity contribution in [3.05, 3.63) is 11.6 Å². The summed E-state index contributed by atoms with van der Waals surface area (Å²) < 4.78 is 9.96. The molecule has 0 atom stereocenters. The number of allylic oxidation sites excluding steroid dienone is 1. The Bertz CT molecular complexity index is 297. The minimum atomic E-state index is -0.564. The van der Waals surface area contributed by atoms with E-state index in [2.05, 4.69) is 0 Å². The average molecular weight is 242 g/mol. The van der Waals surface area contributed by atoms with Crippen LogP contribution >= 0.6 is 0 Å². The van der Waals surface area contributed by atoms with Crippen molar-refractivity contribution in [2.75, 3.05) is 13.2 Å². The number of esters is 2. The number of hydrogen-bond donors (Lipinski definition) is 0. The van der Waals surface area contributed by atoms with Crippen molar-refractivity contribution in [3.63, 3.8) is 0 Å². The van der Waals surface area contributed by atoms with Gasteiger partial charge in [0.25, 0.3) is 0 Å². The lowest BCUT2D eigenvalue weighted by atomic mass is 9.97. The van der Waals surface area contributed by atoms with Crippen molar-refractivity contribution < 1.29 is 19.1 Å². The summed E-state index contributed by atoms with van der Waals surface area (Å²) in [6, 6.07) is 0. The van der Waals surface area contributed by atoms with Gasteiger partial charge < -0.3 is 9.47 Å². The Morgan fingerprint density at radius 1 is 1.12 bits per heavy atom. The topological polar surface area (TPSA) is 52.6 Å². The lowest BCUT2D eigenvalue weighted by Crippen LogP contribution is -2.25. The molecular weight excluding hydrogens is 220 g/mol. The molecular formula is C13H22O4. The molecule has 0 spiro atoms. The standard InChI is InChI=1S/C13H22O4/c1-6-8-10(11(14)16-7-2)9-17-12(15)13(3,4)5/h8H,6-7,9H2,1-5H3. The highest BCUT2D eigenvalue weighted by Crippen LogP contribution is 2.16. The minimum absolute atomic E-state index is 0.0250. The highest BCUT2D eigenvalue weighted by Gasteiger charge is 2.24. The van der Waals surface area contributed by atoms with Gasteiger partial charge in [0.05, 0.1) is 17.6 Å². The molecule has 0 aliphatic carbocycles. The van der Waals surface area contributed by atoms with Crippen LogP contribution in [0.5, 0.6) is 0 Å². The van der Waals surface area contributed by atoms with Gasteiger partial charge in [0.1, 0.15) is 6.61 Å². The van der Waals surface area contributed by atoms with Gasteiger partial charge in [-0.25, -0.2) is 4.79 Å². The van der Waals surface area contributed by atoms with E-state index in [0.29, 0.717) is 18.6 Å². The number of rotatable bonds is 5. The molecule has 0 amide bonds. The Labute approximate surface area is 103 Å². The third-order valence-electron chi connectivity index (χ3n) is 1.96. The van der Waals surface area contributed by atoms with E-state index in [9.17, 15) is 9.59 Å². The van der Waals surface area contributed by atoms with Crippen LogP contribution in [0.15, 0.2) is 11.6 Å². The Morgan fingerprint density at radius 2 is 1.71 bits per heavy atom. The lowest BCUT2D eigenvalue weighted by Gasteiger charge is -2.17. The van der Waals surface area contributed by atoms with Crippen LogP contribution in [0.3, 0.4) is 0 Å². The Kier molecular flexibility index (Phi) is 6.54. The Balaban J connectivity index is 4.44. The second-order valence-corrected chi connectivity index (χ2v) is 4.68. The molecule has 0 unspecified atom stereocenters.